The first-order chi connectivity index (χ1) is 26.9. The molecule has 0 spiro atoms. The second-order valence-corrected chi connectivity index (χ2v) is 16.4. The van der Waals surface area contributed by atoms with Crippen molar-refractivity contribution in [3.8, 4) is 39.9 Å². The summed E-state index contributed by atoms with van der Waals surface area (Å²) in [5.41, 5.74) is 9.22. The van der Waals surface area contributed by atoms with Gasteiger partial charge in [-0.25, -0.2) is 4.98 Å². The van der Waals surface area contributed by atoms with Crippen molar-refractivity contribution >= 4 is 75.3 Å². The van der Waals surface area contributed by atoms with Gasteiger partial charge >= 0.3 is 0 Å². The van der Waals surface area contributed by atoms with Gasteiger partial charge in [0.2, 0.25) is 5.95 Å². The van der Waals surface area contributed by atoms with Gasteiger partial charge in [0.25, 0.3) is 0 Å². The molecule has 0 unspecified atom stereocenters. The number of para-hydroxylation sites is 2. The summed E-state index contributed by atoms with van der Waals surface area (Å²) in [6.45, 7) is 6.69. The van der Waals surface area contributed by atoms with Crippen LogP contribution in [0.25, 0.3) is 104 Å². The van der Waals surface area contributed by atoms with Crippen LogP contribution >= 0.6 is 11.3 Å². The molecule has 0 fully saturated rings. The van der Waals surface area contributed by atoms with E-state index in [1.807, 2.05) is 11.3 Å². The molecular formula is C49H34N4OS. The van der Waals surface area contributed by atoms with Crippen LogP contribution in [0.2, 0.25) is 0 Å². The predicted octanol–water partition coefficient (Wildman–Crippen LogP) is 13.5. The third kappa shape index (κ3) is 5.09. The lowest BCUT2D eigenvalue weighted by Gasteiger charge is -2.19. The van der Waals surface area contributed by atoms with Gasteiger partial charge in [0, 0.05) is 52.8 Å². The van der Waals surface area contributed by atoms with Crippen LogP contribution in [-0.2, 0) is 5.41 Å². The molecule has 0 aliphatic heterocycles. The zero-order valence-corrected chi connectivity index (χ0v) is 31.4. The van der Waals surface area contributed by atoms with E-state index >= 15 is 0 Å². The number of rotatable bonds is 4. The van der Waals surface area contributed by atoms with E-state index in [2.05, 4.69) is 177 Å². The minimum Gasteiger partial charge on any atom is -0.456 e. The van der Waals surface area contributed by atoms with Gasteiger partial charge < -0.3 is 4.42 Å². The molecule has 11 aromatic rings. The summed E-state index contributed by atoms with van der Waals surface area (Å²) >= 11 is 1.83. The third-order valence-electron chi connectivity index (χ3n) is 10.8. The molecule has 0 atom stereocenters. The van der Waals surface area contributed by atoms with E-state index in [0.29, 0.717) is 17.6 Å². The first kappa shape index (κ1) is 31.9. The van der Waals surface area contributed by atoms with Gasteiger partial charge in [-0.3, -0.25) is 4.57 Å². The summed E-state index contributed by atoms with van der Waals surface area (Å²) in [6, 6.07) is 53.5. The van der Waals surface area contributed by atoms with E-state index in [-0.39, 0.29) is 5.41 Å². The van der Waals surface area contributed by atoms with E-state index in [0.717, 1.165) is 60.6 Å². The lowest BCUT2D eigenvalue weighted by atomic mass is 9.87. The number of benzene rings is 7. The van der Waals surface area contributed by atoms with Crippen molar-refractivity contribution in [2.75, 3.05) is 0 Å². The second-order valence-electron chi connectivity index (χ2n) is 15.3. The zero-order valence-electron chi connectivity index (χ0n) is 30.5. The number of fused-ring (bicyclic) bond motifs is 10. The van der Waals surface area contributed by atoms with Gasteiger partial charge in [0.15, 0.2) is 11.6 Å². The maximum absolute atomic E-state index is 6.43. The minimum absolute atomic E-state index is 0.0343. The maximum atomic E-state index is 6.43. The highest BCUT2D eigenvalue weighted by Crippen LogP contribution is 2.43. The smallest absolute Gasteiger partial charge is 0.238 e. The summed E-state index contributed by atoms with van der Waals surface area (Å²) in [4.78, 5) is 15.6. The minimum atomic E-state index is 0.0343. The fourth-order valence-corrected chi connectivity index (χ4v) is 9.19. The van der Waals surface area contributed by atoms with Crippen LogP contribution in [0.4, 0.5) is 0 Å². The lowest BCUT2D eigenvalue weighted by Crippen LogP contribution is -2.10. The van der Waals surface area contributed by atoms with Crippen molar-refractivity contribution in [3.05, 3.63) is 157 Å². The summed E-state index contributed by atoms with van der Waals surface area (Å²) < 4.78 is 11.1. The van der Waals surface area contributed by atoms with Gasteiger partial charge in [-0.2, -0.15) is 9.97 Å². The number of furan rings is 1. The third-order valence-corrected chi connectivity index (χ3v) is 12.0. The molecule has 0 N–H and O–H groups in total. The number of nitrogens with zero attached hydrogens (tertiary/aromatic N) is 4. The number of hydrogen-bond acceptors (Lipinski definition) is 5. The Morgan fingerprint density at radius 1 is 0.473 bits per heavy atom. The number of aromatic nitrogens is 4. The van der Waals surface area contributed by atoms with Crippen LogP contribution < -0.4 is 0 Å². The number of hydrogen-bond donors (Lipinski definition) is 0. The molecule has 4 heterocycles. The molecule has 0 amide bonds. The summed E-state index contributed by atoms with van der Waals surface area (Å²) in [5.74, 6) is 1.83. The first-order valence-electron chi connectivity index (χ1n) is 18.6. The molecule has 0 saturated heterocycles. The van der Waals surface area contributed by atoms with E-state index in [9.17, 15) is 0 Å². The lowest BCUT2D eigenvalue weighted by molar-refractivity contribution is 0.590. The first-order valence-corrected chi connectivity index (χ1v) is 19.4. The van der Waals surface area contributed by atoms with Crippen LogP contribution in [0.5, 0.6) is 0 Å². The number of thiophene rings is 1. The largest absolute Gasteiger partial charge is 0.456 e. The van der Waals surface area contributed by atoms with Gasteiger partial charge in [-0.1, -0.05) is 124 Å². The monoisotopic (exact) mass is 726 g/mol. The highest BCUT2D eigenvalue weighted by atomic mass is 32.1. The molecular weight excluding hydrogens is 693 g/mol. The fourth-order valence-electron chi connectivity index (χ4n) is 8.08. The van der Waals surface area contributed by atoms with E-state index in [4.69, 9.17) is 19.4 Å². The van der Waals surface area contributed by atoms with Crippen LogP contribution in [0, 0.1) is 0 Å². The van der Waals surface area contributed by atoms with E-state index in [1.54, 1.807) is 0 Å². The summed E-state index contributed by atoms with van der Waals surface area (Å²) in [5, 5.41) is 7.12. The molecule has 5 nitrogen and oxygen atoms in total. The molecule has 11 rings (SSSR count). The molecule has 0 bridgehead atoms. The van der Waals surface area contributed by atoms with Gasteiger partial charge in [-0.05, 0) is 70.6 Å². The van der Waals surface area contributed by atoms with Crippen LogP contribution in [0.1, 0.15) is 26.3 Å². The molecule has 0 aliphatic carbocycles. The van der Waals surface area contributed by atoms with Crippen molar-refractivity contribution in [1.29, 1.82) is 0 Å². The van der Waals surface area contributed by atoms with Crippen LogP contribution in [0.15, 0.2) is 156 Å². The second kappa shape index (κ2) is 11.9. The standard InChI is InChI=1S/C49H34N4OS/c1-49(2,3)33-22-19-29(20-23-33)46-50-47(52-48(51-46)53-38-16-7-4-13-34(38)35-14-5-8-17-39(35)53)32-12-10-11-30(27-32)31-21-24-40-37(28-31)44-41(54-40)25-26-43-45(44)36-15-6-9-18-42(36)55-43/h4-28H,1-3H3. The maximum Gasteiger partial charge on any atom is 0.238 e. The molecule has 0 radical (unpaired) electrons. The Morgan fingerprint density at radius 2 is 1.09 bits per heavy atom. The van der Waals surface area contributed by atoms with Crippen LogP contribution in [0.3, 0.4) is 0 Å². The predicted molar refractivity (Wildman–Crippen MR) is 229 cm³/mol. The Hall–Kier alpha value is -6.63. The average molecular weight is 727 g/mol. The quantitative estimate of drug-likeness (QED) is 0.181. The average Bonchev–Trinajstić information content (AvgIpc) is 3.89. The Kier molecular flexibility index (Phi) is 6.91. The molecule has 55 heavy (non-hydrogen) atoms. The van der Waals surface area contributed by atoms with Crippen molar-refractivity contribution in [2.45, 2.75) is 26.2 Å². The Balaban J connectivity index is 1.10. The molecule has 0 aliphatic rings. The van der Waals surface area contributed by atoms with Crippen LogP contribution in [-0.4, -0.2) is 19.5 Å². The van der Waals surface area contributed by atoms with Crippen molar-refractivity contribution in [3.63, 3.8) is 0 Å². The Bertz CT molecular complexity index is 3250. The van der Waals surface area contributed by atoms with Gasteiger partial charge in [-0.15, -0.1) is 11.3 Å². The zero-order chi connectivity index (χ0) is 36.8. The SMILES string of the molecule is CC(C)(C)c1ccc(-c2nc(-c3cccc(-c4ccc5oc6ccc7sc8ccccc8c7c6c5c4)c3)nc(-n3c4ccccc4c4ccccc43)n2)cc1. The highest BCUT2D eigenvalue weighted by molar-refractivity contribution is 7.26. The summed E-state index contributed by atoms with van der Waals surface area (Å²) in [7, 11) is 0. The van der Waals surface area contributed by atoms with E-state index in [1.165, 1.54) is 31.1 Å². The Labute approximate surface area is 321 Å². The fraction of sp³-hybridized carbons (Fsp3) is 0.0816. The van der Waals surface area contributed by atoms with Gasteiger partial charge in [0.1, 0.15) is 11.2 Å². The van der Waals surface area contributed by atoms with Crippen molar-refractivity contribution < 1.29 is 4.42 Å². The normalized spacial score (nSPS) is 12.3. The topological polar surface area (TPSA) is 56.7 Å². The molecule has 6 heteroatoms. The highest BCUT2D eigenvalue weighted by Gasteiger charge is 2.20. The van der Waals surface area contributed by atoms with Crippen molar-refractivity contribution in [2.24, 2.45) is 0 Å². The summed E-state index contributed by atoms with van der Waals surface area (Å²) in [6.07, 6.45) is 0. The molecule has 7 aromatic carbocycles. The molecule has 262 valence electrons. The Morgan fingerprint density at radius 3 is 1.84 bits per heavy atom. The van der Waals surface area contributed by atoms with Gasteiger partial charge in [0.05, 0.1) is 11.0 Å². The van der Waals surface area contributed by atoms with E-state index < -0.39 is 0 Å². The molecule has 0 saturated carbocycles. The van der Waals surface area contributed by atoms with Crippen molar-refractivity contribution in [1.82, 2.24) is 19.5 Å². The molecule has 4 aromatic heterocycles.